The molecule has 0 saturated carbocycles. The number of rotatable bonds is 7. The standard InChI is InChI=1S/C35H38N3O/c1-36(2)31-17-9-27(10-18-31)7-8-30-25-34(23-15-28-11-19-32(20-12-28)37(3)4)39-35(26-30)24-16-29-13-21-33(22-14-29)38(5)6/h7-26H,1-6H3/q+5. The van der Waals surface area contributed by atoms with Crippen molar-refractivity contribution in [3.8, 4) is 0 Å². The lowest BCUT2D eigenvalue weighted by molar-refractivity contribution is -0.463. The number of allylic oxidation sites excluding steroid dienone is 10. The Labute approximate surface area is 233 Å². The van der Waals surface area contributed by atoms with E-state index in [-0.39, 0.29) is 0 Å². The Kier molecular flexibility index (Phi) is 9.01. The van der Waals surface area contributed by atoms with E-state index in [0.717, 1.165) is 34.1 Å². The van der Waals surface area contributed by atoms with Crippen LogP contribution in [0.4, 0.5) is 5.69 Å². The highest BCUT2D eigenvalue weighted by molar-refractivity contribution is 6.02. The van der Waals surface area contributed by atoms with Gasteiger partial charge in [0, 0.05) is 50.2 Å². The summed E-state index contributed by atoms with van der Waals surface area (Å²) >= 11 is 0. The highest BCUT2D eigenvalue weighted by atomic mass is 16.3. The molecule has 0 N–H and O–H groups in total. The number of hydrogen-bond donors (Lipinski definition) is 0. The number of anilines is 1. The fraction of sp³-hybridized carbons (Fsp3) is 0.171. The Hall–Kier alpha value is -4.57. The third-order valence-corrected chi connectivity index (χ3v) is 6.43. The van der Waals surface area contributed by atoms with Gasteiger partial charge in [0.1, 0.15) is 46.8 Å². The average Bonchev–Trinajstić information content (AvgIpc) is 2.94. The third kappa shape index (κ3) is 7.96. The molecule has 0 atom stereocenters. The van der Waals surface area contributed by atoms with Gasteiger partial charge in [-0.15, -0.1) is 0 Å². The Morgan fingerprint density at radius 3 is 2.00 bits per heavy atom. The Bertz CT molecular complexity index is 1450. The van der Waals surface area contributed by atoms with Crippen molar-refractivity contribution in [2.75, 3.05) is 47.2 Å². The van der Waals surface area contributed by atoms with E-state index in [2.05, 4.69) is 138 Å². The molecule has 0 amide bonds. The van der Waals surface area contributed by atoms with Crippen LogP contribution in [0.1, 0.15) is 22.6 Å². The lowest BCUT2D eigenvalue weighted by Gasteiger charge is -2.11. The molecule has 1 aromatic carbocycles. The van der Waals surface area contributed by atoms with E-state index in [0.29, 0.717) is 0 Å². The van der Waals surface area contributed by atoms with Crippen LogP contribution in [-0.2, 0) is 0 Å². The first kappa shape index (κ1) is 27.5. The van der Waals surface area contributed by atoms with Gasteiger partial charge in [-0.05, 0) is 35.4 Å². The summed E-state index contributed by atoms with van der Waals surface area (Å²) in [5, 5.41) is 0. The van der Waals surface area contributed by atoms with Crippen molar-refractivity contribution in [2.24, 2.45) is 0 Å². The van der Waals surface area contributed by atoms with Crippen molar-refractivity contribution in [1.82, 2.24) is 0 Å². The van der Waals surface area contributed by atoms with Crippen LogP contribution in [0, 0.1) is 12.3 Å². The zero-order valence-corrected chi connectivity index (χ0v) is 23.8. The van der Waals surface area contributed by atoms with Gasteiger partial charge in [-0.3, -0.25) is 0 Å². The van der Waals surface area contributed by atoms with Crippen LogP contribution in [0.15, 0.2) is 101 Å². The van der Waals surface area contributed by atoms with Crippen LogP contribution in [0.5, 0.6) is 0 Å². The average molecular weight is 517 g/mol. The fourth-order valence-electron chi connectivity index (χ4n) is 4.03. The smallest absolute Gasteiger partial charge is 0.378 e. The van der Waals surface area contributed by atoms with E-state index in [1.165, 1.54) is 17.1 Å². The second-order valence-electron chi connectivity index (χ2n) is 10.2. The topological polar surface area (TPSA) is 20.6 Å². The zero-order chi connectivity index (χ0) is 27.8. The molecule has 4 nitrogen and oxygen atoms in total. The molecule has 0 spiro atoms. The van der Waals surface area contributed by atoms with Gasteiger partial charge in [0.25, 0.3) is 5.71 Å². The minimum atomic E-state index is 0.791. The monoisotopic (exact) mass is 516 g/mol. The van der Waals surface area contributed by atoms with Crippen molar-refractivity contribution in [3.63, 3.8) is 0 Å². The summed E-state index contributed by atoms with van der Waals surface area (Å²) in [6.45, 7) is 0. The molecule has 1 heterocycles. The van der Waals surface area contributed by atoms with Crippen molar-refractivity contribution in [1.29, 1.82) is 0 Å². The normalized spacial score (nSPS) is 15.0. The molecule has 4 heteroatoms. The van der Waals surface area contributed by atoms with Crippen LogP contribution >= 0.6 is 0 Å². The molecule has 0 bridgehead atoms. The summed E-state index contributed by atoms with van der Waals surface area (Å²) in [7, 11) is 12.3. The zero-order valence-electron chi connectivity index (χ0n) is 23.8. The minimum Gasteiger partial charge on any atom is -0.378 e. The molecule has 0 fully saturated rings. The van der Waals surface area contributed by atoms with E-state index in [9.17, 15) is 0 Å². The van der Waals surface area contributed by atoms with Gasteiger partial charge >= 0.3 is 17.2 Å². The maximum atomic E-state index is 6.25. The van der Waals surface area contributed by atoms with Crippen LogP contribution in [0.2, 0.25) is 0 Å². The van der Waals surface area contributed by atoms with E-state index < -0.39 is 0 Å². The largest absolute Gasteiger partial charge is 0.392 e. The van der Waals surface area contributed by atoms with Gasteiger partial charge in [0.2, 0.25) is 0 Å². The summed E-state index contributed by atoms with van der Waals surface area (Å²) in [6.07, 6.45) is 29.5. The quantitative estimate of drug-likeness (QED) is 0.233. The molecule has 2 aliphatic carbocycles. The molecule has 2 aliphatic rings. The van der Waals surface area contributed by atoms with Crippen LogP contribution in [0.25, 0.3) is 24.3 Å². The first-order valence-electron chi connectivity index (χ1n) is 13.1. The molecule has 0 unspecified atom stereocenters. The maximum absolute atomic E-state index is 6.25. The van der Waals surface area contributed by atoms with E-state index in [1.54, 1.807) is 0 Å². The van der Waals surface area contributed by atoms with Gasteiger partial charge in [0.15, 0.2) is 0 Å². The maximum Gasteiger partial charge on any atom is 0.392 e. The fourth-order valence-corrected chi connectivity index (χ4v) is 4.03. The summed E-state index contributed by atoms with van der Waals surface area (Å²) in [4.78, 5) is 2.10. The second kappa shape index (κ2) is 12.8. The highest BCUT2D eigenvalue weighted by Gasteiger charge is 2.18. The molecule has 1 aromatic heterocycles. The van der Waals surface area contributed by atoms with E-state index >= 15 is 0 Å². The Morgan fingerprint density at radius 2 is 1.41 bits per heavy atom. The molecule has 0 radical (unpaired) electrons. The number of hydrogen-bond acceptors (Lipinski definition) is 1. The van der Waals surface area contributed by atoms with Crippen molar-refractivity contribution < 1.29 is 13.6 Å². The van der Waals surface area contributed by atoms with Crippen LogP contribution in [-0.4, -0.2) is 62.9 Å². The Balaban J connectivity index is 1.59. The summed E-state index contributed by atoms with van der Waals surface area (Å²) in [5.74, 6) is 2.70. The van der Waals surface area contributed by atoms with Gasteiger partial charge < -0.3 is 4.90 Å². The van der Waals surface area contributed by atoms with Gasteiger partial charge in [-0.2, -0.15) is 4.42 Å². The SMILES string of the molecule is CN(C)c1ccc(C=Cc2cc(C=CC3=C[CH+]C(=[N+](C)C)C=C3)cc(C=C[C+]3C=CC(=[N+](C)C)C=C3)[o+]2)cc1. The predicted octanol–water partition coefficient (Wildman–Crippen LogP) is 6.65. The summed E-state index contributed by atoms with van der Waals surface area (Å²) in [5.41, 5.74) is 6.88. The van der Waals surface area contributed by atoms with E-state index in [4.69, 9.17) is 4.42 Å². The molecule has 39 heavy (non-hydrogen) atoms. The molecule has 0 aliphatic heterocycles. The van der Waals surface area contributed by atoms with Crippen LogP contribution < -0.4 is 4.90 Å². The van der Waals surface area contributed by atoms with Gasteiger partial charge in [-0.25, -0.2) is 9.15 Å². The predicted molar refractivity (Wildman–Crippen MR) is 168 cm³/mol. The van der Waals surface area contributed by atoms with Crippen LogP contribution in [0.3, 0.4) is 0 Å². The van der Waals surface area contributed by atoms with E-state index in [1.807, 2.05) is 40.3 Å². The first-order chi connectivity index (χ1) is 18.8. The Morgan fingerprint density at radius 1 is 0.744 bits per heavy atom. The number of benzene rings is 1. The summed E-state index contributed by atoms with van der Waals surface area (Å²) < 4.78 is 10.4. The van der Waals surface area contributed by atoms with Crippen molar-refractivity contribution in [3.05, 3.63) is 132 Å². The minimum absolute atomic E-state index is 0.791. The van der Waals surface area contributed by atoms with Crippen molar-refractivity contribution >= 4 is 41.4 Å². The highest BCUT2D eigenvalue weighted by Crippen LogP contribution is 2.21. The summed E-state index contributed by atoms with van der Waals surface area (Å²) in [6, 6.07) is 12.6. The third-order valence-electron chi connectivity index (χ3n) is 6.43. The first-order valence-corrected chi connectivity index (χ1v) is 13.1. The molecular formula is C35H38N3O+5. The van der Waals surface area contributed by atoms with Crippen molar-refractivity contribution in [2.45, 2.75) is 0 Å². The lowest BCUT2D eigenvalue weighted by atomic mass is 10.0. The van der Waals surface area contributed by atoms with Gasteiger partial charge in [0.05, 0.1) is 47.9 Å². The number of nitrogens with zero attached hydrogens (tertiary/aromatic N) is 3. The molecule has 0 saturated heterocycles. The molecule has 194 valence electrons. The van der Waals surface area contributed by atoms with Gasteiger partial charge in [-0.1, -0.05) is 12.1 Å². The molecule has 2 aromatic rings. The lowest BCUT2D eigenvalue weighted by Crippen LogP contribution is -2.12. The molecule has 4 rings (SSSR count). The molecular weight excluding hydrogens is 478 g/mol. The second-order valence-corrected chi connectivity index (χ2v) is 10.2.